The molecule has 0 fully saturated rings. The molecule has 0 bridgehead atoms. The molecular formula is C25H21ClF3N5O4. The number of nitrogens with zero attached hydrogens (tertiary/aromatic N) is 5. The van der Waals surface area contributed by atoms with Gasteiger partial charge in [-0.2, -0.15) is 5.10 Å². The molecule has 9 nitrogen and oxygen atoms in total. The Morgan fingerprint density at radius 2 is 2.05 bits per heavy atom. The number of ether oxygens (including phenoxy) is 2. The van der Waals surface area contributed by atoms with Crippen molar-refractivity contribution in [2.24, 2.45) is 0 Å². The van der Waals surface area contributed by atoms with Gasteiger partial charge in [0.1, 0.15) is 34.4 Å². The van der Waals surface area contributed by atoms with Crippen LogP contribution >= 0.6 is 11.6 Å². The normalized spacial score (nSPS) is 14.6. The van der Waals surface area contributed by atoms with E-state index in [4.69, 9.17) is 23.8 Å². The molecule has 5 rings (SSSR count). The summed E-state index contributed by atoms with van der Waals surface area (Å²) < 4.78 is 72.9. The molecule has 13 heteroatoms. The molecule has 198 valence electrons. The second kappa shape index (κ2) is 9.86. The van der Waals surface area contributed by atoms with Gasteiger partial charge in [-0.05, 0) is 26.3 Å². The fraction of sp³-hybridized carbons (Fsp3) is 0.280. The molecule has 0 aliphatic carbocycles. The van der Waals surface area contributed by atoms with E-state index in [0.29, 0.717) is 17.8 Å². The summed E-state index contributed by atoms with van der Waals surface area (Å²) in [5, 5.41) is 13.8. The Kier molecular flexibility index (Phi) is 6.06. The summed E-state index contributed by atoms with van der Waals surface area (Å²) in [4.78, 5) is 21.1. The van der Waals surface area contributed by atoms with E-state index in [2.05, 4.69) is 15.1 Å². The van der Waals surface area contributed by atoms with Gasteiger partial charge in [-0.15, -0.1) is 0 Å². The van der Waals surface area contributed by atoms with Crippen LogP contribution in [0.5, 0.6) is 5.75 Å². The molecule has 1 aliphatic heterocycles. The van der Waals surface area contributed by atoms with Crippen LogP contribution in [0.2, 0.25) is 5.02 Å². The van der Waals surface area contributed by atoms with Crippen molar-refractivity contribution in [1.82, 2.24) is 24.3 Å². The van der Waals surface area contributed by atoms with Crippen LogP contribution in [0.1, 0.15) is 39.2 Å². The predicted octanol–water partition coefficient (Wildman–Crippen LogP) is 3.76. The SMILES string of the molecule is [2H]C([2H])(Oc1cc2n(c(=O)c1Cl)-c1c(cnc(-n3ccc(C(C)(C)O)n3)c1F)CCOC2)c1ncc(F)cc1F. The van der Waals surface area contributed by atoms with Gasteiger partial charge in [0.2, 0.25) is 0 Å². The first kappa shape index (κ1) is 23.4. The van der Waals surface area contributed by atoms with Gasteiger partial charge in [0.15, 0.2) is 17.5 Å². The summed E-state index contributed by atoms with van der Waals surface area (Å²) in [5.41, 5.74) is -2.69. The maximum absolute atomic E-state index is 16.1. The lowest BCUT2D eigenvalue weighted by molar-refractivity contribution is 0.0734. The van der Waals surface area contributed by atoms with Gasteiger partial charge < -0.3 is 14.6 Å². The third-order valence-corrected chi connectivity index (χ3v) is 6.08. The maximum Gasteiger partial charge on any atom is 0.278 e. The fourth-order valence-corrected chi connectivity index (χ4v) is 4.02. The number of hydrogen-bond acceptors (Lipinski definition) is 7. The highest BCUT2D eigenvalue weighted by atomic mass is 35.5. The summed E-state index contributed by atoms with van der Waals surface area (Å²) in [6.45, 7) is -0.00472. The highest BCUT2D eigenvalue weighted by molar-refractivity contribution is 6.31. The van der Waals surface area contributed by atoms with Crippen LogP contribution in [-0.4, -0.2) is 36.0 Å². The molecule has 1 N–H and O–H groups in total. The average Bonchev–Trinajstić information content (AvgIpc) is 3.35. The third kappa shape index (κ3) is 4.77. The zero-order chi connectivity index (χ0) is 29.0. The first-order chi connectivity index (χ1) is 18.8. The number of pyridine rings is 3. The number of halogens is 4. The van der Waals surface area contributed by atoms with Gasteiger partial charge in [0.05, 0.1) is 39.2 Å². The number of fused-ring (bicyclic) bond motifs is 3. The van der Waals surface area contributed by atoms with Crippen molar-refractivity contribution in [3.8, 4) is 17.3 Å². The van der Waals surface area contributed by atoms with Gasteiger partial charge in [0, 0.05) is 30.1 Å². The zero-order valence-electron chi connectivity index (χ0n) is 22.0. The zero-order valence-corrected chi connectivity index (χ0v) is 20.8. The monoisotopic (exact) mass is 549 g/mol. The molecule has 5 heterocycles. The molecule has 0 amide bonds. The Bertz CT molecular complexity index is 1690. The Morgan fingerprint density at radius 3 is 2.76 bits per heavy atom. The van der Waals surface area contributed by atoms with E-state index in [1.807, 2.05) is 0 Å². The molecule has 0 unspecified atom stereocenters. The van der Waals surface area contributed by atoms with Crippen LogP contribution in [0.25, 0.3) is 11.5 Å². The van der Waals surface area contributed by atoms with Crippen LogP contribution in [0.4, 0.5) is 13.2 Å². The topological polar surface area (TPSA) is 104 Å². The highest BCUT2D eigenvalue weighted by Gasteiger charge is 2.27. The molecule has 0 aromatic carbocycles. The molecule has 0 radical (unpaired) electrons. The van der Waals surface area contributed by atoms with Gasteiger partial charge in [-0.3, -0.25) is 14.3 Å². The maximum atomic E-state index is 16.1. The summed E-state index contributed by atoms with van der Waals surface area (Å²) in [5.74, 6) is -3.98. The minimum Gasteiger partial charge on any atom is -0.485 e. The van der Waals surface area contributed by atoms with Crippen molar-refractivity contribution in [2.45, 2.75) is 39.0 Å². The molecule has 4 aromatic heterocycles. The third-order valence-electron chi connectivity index (χ3n) is 5.73. The summed E-state index contributed by atoms with van der Waals surface area (Å²) in [6, 6.07) is 3.10. The number of aromatic nitrogens is 5. The van der Waals surface area contributed by atoms with Crippen molar-refractivity contribution in [1.29, 1.82) is 0 Å². The van der Waals surface area contributed by atoms with Crippen LogP contribution in [0.3, 0.4) is 0 Å². The first-order valence-corrected chi connectivity index (χ1v) is 11.6. The van der Waals surface area contributed by atoms with Crippen molar-refractivity contribution in [3.63, 3.8) is 0 Å². The van der Waals surface area contributed by atoms with Crippen LogP contribution in [0.15, 0.2) is 41.6 Å². The molecule has 38 heavy (non-hydrogen) atoms. The van der Waals surface area contributed by atoms with Crippen LogP contribution in [0, 0.1) is 17.5 Å². The Labute approximate surface area is 221 Å². The smallest absolute Gasteiger partial charge is 0.278 e. The molecular weight excluding hydrogens is 527 g/mol. The van der Waals surface area contributed by atoms with E-state index < -0.39 is 51.6 Å². The lowest BCUT2D eigenvalue weighted by atomic mass is 10.1. The number of rotatable bonds is 5. The summed E-state index contributed by atoms with van der Waals surface area (Å²) >= 11 is 6.29. The Morgan fingerprint density at radius 1 is 1.26 bits per heavy atom. The number of aliphatic hydroxyl groups is 1. The Balaban J connectivity index is 1.64. The molecule has 1 aliphatic rings. The predicted molar refractivity (Wildman–Crippen MR) is 129 cm³/mol. The van der Waals surface area contributed by atoms with E-state index >= 15 is 4.39 Å². The lowest BCUT2D eigenvalue weighted by Crippen LogP contribution is -2.28. The van der Waals surface area contributed by atoms with Crippen molar-refractivity contribution in [2.75, 3.05) is 6.61 Å². The average molecular weight is 550 g/mol. The molecule has 0 saturated heterocycles. The molecule has 4 aromatic rings. The summed E-state index contributed by atoms with van der Waals surface area (Å²) in [7, 11) is 0. The second-order valence-electron chi connectivity index (χ2n) is 8.92. The van der Waals surface area contributed by atoms with E-state index in [1.54, 1.807) is 0 Å². The van der Waals surface area contributed by atoms with Crippen molar-refractivity contribution >= 4 is 11.6 Å². The van der Waals surface area contributed by atoms with Crippen LogP contribution < -0.4 is 10.3 Å². The van der Waals surface area contributed by atoms with E-state index in [-0.39, 0.29) is 42.5 Å². The quantitative estimate of drug-likeness (QED) is 0.404. The van der Waals surface area contributed by atoms with Crippen molar-refractivity contribution < 1.29 is 30.5 Å². The molecule has 0 saturated carbocycles. The van der Waals surface area contributed by atoms with Gasteiger partial charge in [-0.25, -0.2) is 22.8 Å². The number of hydrogen-bond donors (Lipinski definition) is 1. The minimum atomic E-state index is -2.96. The summed E-state index contributed by atoms with van der Waals surface area (Å²) in [6.07, 6.45) is 3.59. The second-order valence-corrected chi connectivity index (χ2v) is 9.30. The standard InChI is InChI=1S/C25H21ClF3N5O4/c1-25(2,36)19-3-5-33(32-19)23-21(29)22-13(9-31-23)4-6-37-11-15-8-18(20(26)24(35)34(15)22)38-12-17-16(28)7-14(27)10-30-17/h3,5,7-10,36H,4,6,11-12H2,1-2H3/i12D2. The van der Waals surface area contributed by atoms with Gasteiger partial charge in [-0.1, -0.05) is 11.6 Å². The van der Waals surface area contributed by atoms with Crippen molar-refractivity contribution in [3.05, 3.63) is 92.3 Å². The molecule has 0 spiro atoms. The fourth-order valence-electron chi connectivity index (χ4n) is 3.85. The van der Waals surface area contributed by atoms with E-state index in [1.165, 1.54) is 32.3 Å². The van der Waals surface area contributed by atoms with Crippen LogP contribution in [-0.2, 0) is 29.9 Å². The molecule has 0 atom stereocenters. The Hall–Kier alpha value is -3.74. The first-order valence-electron chi connectivity index (χ1n) is 12.3. The van der Waals surface area contributed by atoms with E-state index in [0.717, 1.165) is 15.3 Å². The van der Waals surface area contributed by atoms with Gasteiger partial charge >= 0.3 is 0 Å². The minimum absolute atomic E-state index is 0.0439. The lowest BCUT2D eigenvalue weighted by Gasteiger charge is -2.22. The van der Waals surface area contributed by atoms with E-state index in [9.17, 15) is 18.7 Å². The highest BCUT2D eigenvalue weighted by Crippen LogP contribution is 2.30. The van der Waals surface area contributed by atoms with Gasteiger partial charge in [0.25, 0.3) is 5.56 Å². The largest absolute Gasteiger partial charge is 0.485 e.